The molecule has 186 valence electrons. The second kappa shape index (κ2) is 10.2. The zero-order valence-electron chi connectivity index (χ0n) is 20.5. The van der Waals surface area contributed by atoms with Gasteiger partial charge in [0.05, 0.1) is 24.0 Å². The van der Waals surface area contributed by atoms with Crippen LogP contribution in [0.2, 0.25) is 0 Å². The van der Waals surface area contributed by atoms with Crippen LogP contribution < -0.4 is 15.1 Å². The summed E-state index contributed by atoms with van der Waals surface area (Å²) >= 11 is 0. The van der Waals surface area contributed by atoms with Crippen LogP contribution in [-0.4, -0.2) is 71.6 Å². The standard InChI is InChI=1S/C25H30N10O/c1-25(2,36)17-35-16-21(15-30-35)31-22-28-18-29-24(32-22)34-10-8-33(9-11-34)23-26-13-20(14-27-23)12-19-6-4-3-5-7-19/h3-7,13-16,18,36H,8-12,17H2,1-2H3,(H,28,29,31,32). The quantitative estimate of drug-likeness (QED) is 0.384. The first-order valence-electron chi connectivity index (χ1n) is 12.0. The molecule has 1 aliphatic heterocycles. The largest absolute Gasteiger partial charge is 0.389 e. The zero-order valence-corrected chi connectivity index (χ0v) is 20.5. The van der Waals surface area contributed by atoms with E-state index in [4.69, 9.17) is 0 Å². The van der Waals surface area contributed by atoms with Crippen LogP contribution in [-0.2, 0) is 13.0 Å². The Morgan fingerprint density at radius 2 is 1.56 bits per heavy atom. The number of rotatable bonds is 8. The summed E-state index contributed by atoms with van der Waals surface area (Å²) < 4.78 is 1.68. The molecular weight excluding hydrogens is 456 g/mol. The monoisotopic (exact) mass is 486 g/mol. The maximum Gasteiger partial charge on any atom is 0.232 e. The third-order valence-electron chi connectivity index (χ3n) is 5.79. The molecule has 1 saturated heterocycles. The first kappa shape index (κ1) is 23.6. The normalized spacial score (nSPS) is 14.2. The second-order valence-corrected chi connectivity index (χ2v) is 9.50. The van der Waals surface area contributed by atoms with E-state index in [1.807, 2.05) is 36.8 Å². The molecule has 1 aliphatic rings. The molecule has 4 aromatic rings. The summed E-state index contributed by atoms with van der Waals surface area (Å²) in [5, 5.41) is 17.4. The molecule has 36 heavy (non-hydrogen) atoms. The maximum absolute atomic E-state index is 9.98. The lowest BCUT2D eigenvalue weighted by atomic mass is 10.1. The number of hydrogen-bond acceptors (Lipinski definition) is 10. The highest BCUT2D eigenvalue weighted by Gasteiger charge is 2.21. The fraction of sp³-hybridized carbons (Fsp3) is 0.360. The number of piperazine rings is 1. The Balaban J connectivity index is 1.16. The number of aromatic nitrogens is 7. The Hall–Kier alpha value is -4.12. The molecule has 0 unspecified atom stereocenters. The van der Waals surface area contributed by atoms with Gasteiger partial charge in [-0.2, -0.15) is 10.1 Å². The molecule has 1 fully saturated rings. The summed E-state index contributed by atoms with van der Waals surface area (Å²) in [4.78, 5) is 26.7. The van der Waals surface area contributed by atoms with Crippen molar-refractivity contribution in [2.45, 2.75) is 32.4 Å². The smallest absolute Gasteiger partial charge is 0.232 e. The van der Waals surface area contributed by atoms with Crippen LogP contribution in [0.3, 0.4) is 0 Å². The molecule has 1 aromatic carbocycles. The topological polar surface area (TPSA) is 121 Å². The van der Waals surface area contributed by atoms with Crippen LogP contribution in [0.15, 0.2) is 61.4 Å². The number of benzene rings is 1. The molecule has 3 aromatic heterocycles. The summed E-state index contributed by atoms with van der Waals surface area (Å²) in [7, 11) is 0. The van der Waals surface area contributed by atoms with Crippen molar-refractivity contribution >= 4 is 23.5 Å². The van der Waals surface area contributed by atoms with Gasteiger partial charge in [-0.15, -0.1) is 0 Å². The summed E-state index contributed by atoms with van der Waals surface area (Å²) in [6.45, 7) is 6.93. The van der Waals surface area contributed by atoms with Gasteiger partial charge in [0, 0.05) is 51.2 Å². The van der Waals surface area contributed by atoms with E-state index in [2.05, 4.69) is 57.3 Å². The van der Waals surface area contributed by atoms with Crippen molar-refractivity contribution in [3.63, 3.8) is 0 Å². The third kappa shape index (κ3) is 6.11. The first-order valence-corrected chi connectivity index (χ1v) is 12.0. The van der Waals surface area contributed by atoms with Crippen molar-refractivity contribution in [1.82, 2.24) is 34.7 Å². The second-order valence-electron chi connectivity index (χ2n) is 9.50. The van der Waals surface area contributed by atoms with Crippen LogP contribution in [0.25, 0.3) is 0 Å². The molecule has 5 rings (SSSR count). The van der Waals surface area contributed by atoms with E-state index in [1.165, 1.54) is 11.9 Å². The van der Waals surface area contributed by atoms with E-state index < -0.39 is 5.60 Å². The van der Waals surface area contributed by atoms with E-state index in [-0.39, 0.29) is 0 Å². The highest BCUT2D eigenvalue weighted by atomic mass is 16.3. The van der Waals surface area contributed by atoms with Gasteiger partial charge in [-0.25, -0.2) is 19.9 Å². The Labute approximate surface area is 209 Å². The van der Waals surface area contributed by atoms with Crippen molar-refractivity contribution in [1.29, 1.82) is 0 Å². The van der Waals surface area contributed by atoms with Crippen molar-refractivity contribution in [3.05, 3.63) is 72.6 Å². The van der Waals surface area contributed by atoms with Crippen LogP contribution in [0.1, 0.15) is 25.0 Å². The van der Waals surface area contributed by atoms with Crippen LogP contribution >= 0.6 is 0 Å². The van der Waals surface area contributed by atoms with Crippen LogP contribution in [0.4, 0.5) is 23.5 Å². The van der Waals surface area contributed by atoms with Gasteiger partial charge in [0.1, 0.15) is 6.33 Å². The number of anilines is 4. The van der Waals surface area contributed by atoms with Gasteiger partial charge >= 0.3 is 0 Å². The van der Waals surface area contributed by atoms with Gasteiger partial charge in [-0.3, -0.25) is 4.68 Å². The van der Waals surface area contributed by atoms with E-state index in [0.717, 1.165) is 49.8 Å². The van der Waals surface area contributed by atoms with Crippen molar-refractivity contribution in [2.24, 2.45) is 0 Å². The van der Waals surface area contributed by atoms with Crippen molar-refractivity contribution in [2.75, 3.05) is 41.3 Å². The lowest BCUT2D eigenvalue weighted by molar-refractivity contribution is 0.0578. The average Bonchev–Trinajstić information content (AvgIpc) is 3.30. The molecule has 11 nitrogen and oxygen atoms in total. The molecule has 2 N–H and O–H groups in total. The lowest BCUT2D eigenvalue weighted by Crippen LogP contribution is -2.47. The van der Waals surface area contributed by atoms with Crippen LogP contribution in [0, 0.1) is 0 Å². The van der Waals surface area contributed by atoms with E-state index >= 15 is 0 Å². The first-order chi connectivity index (χ1) is 17.4. The Kier molecular flexibility index (Phi) is 6.72. The Morgan fingerprint density at radius 1 is 0.861 bits per heavy atom. The summed E-state index contributed by atoms with van der Waals surface area (Å²) in [5.41, 5.74) is 2.24. The predicted molar refractivity (Wildman–Crippen MR) is 137 cm³/mol. The zero-order chi connectivity index (χ0) is 25.0. The molecule has 0 atom stereocenters. The molecular formula is C25H30N10O. The molecule has 11 heteroatoms. The van der Waals surface area contributed by atoms with Gasteiger partial charge in [0.25, 0.3) is 0 Å². The SMILES string of the molecule is CC(C)(O)Cn1cc(Nc2ncnc(N3CCN(c4ncc(Cc5ccccc5)cn4)CC3)n2)cn1. The van der Waals surface area contributed by atoms with E-state index in [0.29, 0.717) is 18.4 Å². The Morgan fingerprint density at radius 3 is 2.25 bits per heavy atom. The molecule has 0 saturated carbocycles. The highest BCUT2D eigenvalue weighted by Crippen LogP contribution is 2.18. The summed E-state index contributed by atoms with van der Waals surface area (Å²) in [6.07, 6.45) is 9.65. The van der Waals surface area contributed by atoms with Gasteiger partial charge in [0.15, 0.2) is 0 Å². The van der Waals surface area contributed by atoms with Crippen molar-refractivity contribution < 1.29 is 5.11 Å². The molecule has 4 heterocycles. The predicted octanol–water partition coefficient (Wildman–Crippen LogP) is 2.29. The molecule has 0 amide bonds. The average molecular weight is 487 g/mol. The van der Waals surface area contributed by atoms with Gasteiger partial charge in [-0.05, 0) is 25.0 Å². The van der Waals surface area contributed by atoms with E-state index in [9.17, 15) is 5.11 Å². The number of nitrogens with one attached hydrogen (secondary N) is 1. The molecule has 0 radical (unpaired) electrons. The lowest BCUT2D eigenvalue weighted by Gasteiger charge is -2.34. The summed E-state index contributed by atoms with van der Waals surface area (Å²) in [5.74, 6) is 1.81. The van der Waals surface area contributed by atoms with Gasteiger partial charge in [-0.1, -0.05) is 30.3 Å². The summed E-state index contributed by atoms with van der Waals surface area (Å²) in [6, 6.07) is 10.3. The van der Waals surface area contributed by atoms with Gasteiger partial charge < -0.3 is 20.2 Å². The third-order valence-corrected chi connectivity index (χ3v) is 5.79. The molecule has 0 bridgehead atoms. The highest BCUT2D eigenvalue weighted by molar-refractivity contribution is 5.51. The number of nitrogens with zero attached hydrogens (tertiary/aromatic N) is 9. The van der Waals surface area contributed by atoms with Crippen LogP contribution in [0.5, 0.6) is 0 Å². The fourth-order valence-corrected chi connectivity index (χ4v) is 4.08. The minimum absolute atomic E-state index is 0.390. The molecule has 0 spiro atoms. The fourth-order valence-electron chi connectivity index (χ4n) is 4.08. The molecule has 0 aliphatic carbocycles. The minimum atomic E-state index is -0.846. The maximum atomic E-state index is 9.98. The van der Waals surface area contributed by atoms with Crippen molar-refractivity contribution in [3.8, 4) is 0 Å². The Bertz CT molecular complexity index is 1260. The van der Waals surface area contributed by atoms with E-state index in [1.54, 1.807) is 24.7 Å². The number of aliphatic hydroxyl groups is 1. The minimum Gasteiger partial charge on any atom is -0.389 e. The number of hydrogen-bond donors (Lipinski definition) is 2. The van der Waals surface area contributed by atoms with Gasteiger partial charge in [0.2, 0.25) is 17.8 Å².